The second kappa shape index (κ2) is 7.43. The molecule has 96 valence electrons. The van der Waals surface area contributed by atoms with Gasteiger partial charge in [-0.3, -0.25) is 4.98 Å². The van der Waals surface area contributed by atoms with Crippen molar-refractivity contribution < 1.29 is 8.85 Å². The zero-order valence-corrected chi connectivity index (χ0v) is 12.1. The fourth-order valence-corrected chi connectivity index (χ4v) is 5.70. The Morgan fingerprint density at radius 1 is 1.06 bits per heavy atom. The van der Waals surface area contributed by atoms with E-state index < -0.39 is 8.72 Å². The molecule has 0 aromatic heterocycles. The van der Waals surface area contributed by atoms with Crippen LogP contribution in [0.2, 0.25) is 6.04 Å². The molecule has 1 aliphatic carbocycles. The van der Waals surface area contributed by atoms with Gasteiger partial charge in [0.2, 0.25) is 0 Å². The van der Waals surface area contributed by atoms with Gasteiger partial charge < -0.3 is 8.85 Å². The minimum Gasteiger partial charge on any atom is -0.383 e. The molecule has 1 rings (SSSR count). The van der Waals surface area contributed by atoms with Crippen LogP contribution in [0.25, 0.3) is 0 Å². The molecule has 0 saturated heterocycles. The predicted molar refractivity (Wildman–Crippen MR) is 69.5 cm³/mol. The highest BCUT2D eigenvalue weighted by Crippen LogP contribution is 2.22. The van der Waals surface area contributed by atoms with Crippen molar-refractivity contribution in [3.63, 3.8) is 0 Å². The first-order valence-electron chi connectivity index (χ1n) is 6.82. The van der Waals surface area contributed by atoms with Crippen molar-refractivity contribution in [1.82, 2.24) is 4.98 Å². The number of hydrogen-bond donors (Lipinski definition) is 1. The topological polar surface area (TPSA) is 30.5 Å². The lowest BCUT2D eigenvalue weighted by Crippen LogP contribution is -2.59. The molecule has 1 aliphatic rings. The Kier molecular flexibility index (Phi) is 6.57. The van der Waals surface area contributed by atoms with Crippen molar-refractivity contribution in [3.05, 3.63) is 0 Å². The molecule has 0 bridgehead atoms. The quantitative estimate of drug-likeness (QED) is 0.667. The van der Waals surface area contributed by atoms with E-state index in [0.717, 1.165) is 25.7 Å². The Labute approximate surface area is 101 Å². The minimum atomic E-state index is -2.11. The lowest BCUT2D eigenvalue weighted by Gasteiger charge is -2.32. The predicted octanol–water partition coefficient (Wildman–Crippen LogP) is 2.94. The summed E-state index contributed by atoms with van der Waals surface area (Å²) in [6.07, 6.45) is 6.42. The van der Waals surface area contributed by atoms with Crippen molar-refractivity contribution in [1.29, 1.82) is 0 Å². The maximum absolute atomic E-state index is 5.98. The monoisotopic (exact) mass is 245 g/mol. The van der Waals surface area contributed by atoms with Gasteiger partial charge in [-0.05, 0) is 26.7 Å². The van der Waals surface area contributed by atoms with Gasteiger partial charge in [0.1, 0.15) is 0 Å². The largest absolute Gasteiger partial charge is 0.425 e. The van der Waals surface area contributed by atoms with Gasteiger partial charge in [0.15, 0.2) is 0 Å². The Morgan fingerprint density at radius 2 is 1.62 bits per heavy atom. The lowest BCUT2D eigenvalue weighted by atomic mass is 10.3. The molecule has 0 heterocycles. The number of hydrogen-bond acceptors (Lipinski definition) is 3. The molecule has 0 spiro atoms. The van der Waals surface area contributed by atoms with Crippen molar-refractivity contribution in [2.24, 2.45) is 0 Å². The molecule has 0 atom stereocenters. The van der Waals surface area contributed by atoms with Crippen LogP contribution < -0.4 is 4.98 Å². The van der Waals surface area contributed by atoms with E-state index in [4.69, 9.17) is 8.85 Å². The zero-order valence-electron chi connectivity index (χ0n) is 11.1. The fraction of sp³-hybridized carbons (Fsp3) is 1.00. The second-order valence-corrected chi connectivity index (χ2v) is 7.37. The van der Waals surface area contributed by atoms with Crippen LogP contribution in [0.4, 0.5) is 0 Å². The van der Waals surface area contributed by atoms with E-state index >= 15 is 0 Å². The second-order valence-electron chi connectivity index (χ2n) is 4.49. The van der Waals surface area contributed by atoms with Crippen molar-refractivity contribution in [2.75, 3.05) is 13.2 Å². The third kappa shape index (κ3) is 4.16. The van der Waals surface area contributed by atoms with Gasteiger partial charge in [-0.2, -0.15) is 0 Å². The summed E-state index contributed by atoms with van der Waals surface area (Å²) in [5.74, 6) is 0. The highest BCUT2D eigenvalue weighted by Gasteiger charge is 2.39. The van der Waals surface area contributed by atoms with E-state index in [9.17, 15) is 0 Å². The minimum absolute atomic E-state index is 0.635. The third-order valence-electron chi connectivity index (χ3n) is 3.11. The van der Waals surface area contributed by atoms with Crippen LogP contribution in [0.1, 0.15) is 52.9 Å². The Bertz CT molecular complexity index is 167. The first-order valence-corrected chi connectivity index (χ1v) is 8.84. The van der Waals surface area contributed by atoms with Crippen molar-refractivity contribution in [2.45, 2.75) is 65.0 Å². The summed E-state index contributed by atoms with van der Waals surface area (Å²) in [6.45, 7) is 7.84. The molecule has 1 fully saturated rings. The van der Waals surface area contributed by atoms with Crippen LogP contribution in [-0.4, -0.2) is 28.0 Å². The fourth-order valence-electron chi connectivity index (χ4n) is 2.52. The van der Waals surface area contributed by atoms with E-state index in [1.807, 2.05) is 0 Å². The van der Waals surface area contributed by atoms with E-state index in [-0.39, 0.29) is 0 Å². The molecule has 4 heteroatoms. The van der Waals surface area contributed by atoms with Crippen LogP contribution in [0.5, 0.6) is 0 Å². The molecule has 0 amide bonds. The van der Waals surface area contributed by atoms with Crippen molar-refractivity contribution in [3.8, 4) is 0 Å². The maximum atomic E-state index is 5.98. The van der Waals surface area contributed by atoms with E-state index in [0.29, 0.717) is 6.04 Å². The smallest absolute Gasteiger partial charge is 0.383 e. The van der Waals surface area contributed by atoms with Crippen LogP contribution in [0.3, 0.4) is 0 Å². The van der Waals surface area contributed by atoms with Gasteiger partial charge in [-0.25, -0.2) is 0 Å². The summed E-state index contributed by atoms with van der Waals surface area (Å²) >= 11 is 0. The van der Waals surface area contributed by atoms with Crippen LogP contribution in [0, 0.1) is 0 Å². The molecule has 0 aliphatic heterocycles. The Balaban J connectivity index is 2.56. The average molecular weight is 245 g/mol. The van der Waals surface area contributed by atoms with Gasteiger partial charge in [0.05, 0.1) is 0 Å². The number of nitrogens with one attached hydrogen (secondary N) is 1. The Morgan fingerprint density at radius 3 is 2.06 bits per heavy atom. The SMILES string of the molecule is CCC[Si](NC1CCCC1)(OCC)OCC. The highest BCUT2D eigenvalue weighted by atomic mass is 28.4. The Hall–Kier alpha value is 0.0969. The van der Waals surface area contributed by atoms with Crippen LogP contribution in [-0.2, 0) is 8.85 Å². The first kappa shape index (κ1) is 14.2. The zero-order chi connectivity index (χ0) is 11.9. The summed E-state index contributed by atoms with van der Waals surface area (Å²) in [6, 6.07) is 1.70. The summed E-state index contributed by atoms with van der Waals surface area (Å²) in [4.78, 5) is 3.73. The average Bonchev–Trinajstić information content (AvgIpc) is 2.71. The molecule has 1 N–H and O–H groups in total. The molecular weight excluding hydrogens is 218 g/mol. The summed E-state index contributed by atoms with van der Waals surface area (Å²) in [5.41, 5.74) is 0. The lowest BCUT2D eigenvalue weighted by molar-refractivity contribution is 0.166. The van der Waals surface area contributed by atoms with Gasteiger partial charge >= 0.3 is 8.72 Å². The first-order chi connectivity index (χ1) is 7.76. The standard InChI is InChI=1S/C12H27NO2Si/c1-4-11-16(14-5-2,15-6-3)13-12-9-7-8-10-12/h12-13H,4-11H2,1-3H3. The molecule has 0 aromatic rings. The third-order valence-corrected chi connectivity index (χ3v) is 6.63. The molecule has 1 saturated carbocycles. The molecule has 3 nitrogen and oxygen atoms in total. The molecule has 16 heavy (non-hydrogen) atoms. The highest BCUT2D eigenvalue weighted by molar-refractivity contribution is 6.64. The van der Waals surface area contributed by atoms with Crippen LogP contribution >= 0.6 is 0 Å². The van der Waals surface area contributed by atoms with E-state index in [1.54, 1.807) is 0 Å². The maximum Gasteiger partial charge on any atom is 0.425 e. The molecule has 0 aromatic carbocycles. The van der Waals surface area contributed by atoms with Gasteiger partial charge in [0, 0.05) is 25.3 Å². The van der Waals surface area contributed by atoms with Crippen molar-refractivity contribution >= 4 is 8.72 Å². The normalized spacial score (nSPS) is 18.2. The molecule has 0 unspecified atom stereocenters. The number of rotatable bonds is 8. The van der Waals surface area contributed by atoms with Gasteiger partial charge in [-0.1, -0.05) is 26.2 Å². The van der Waals surface area contributed by atoms with E-state index in [1.165, 1.54) is 25.7 Å². The summed E-state index contributed by atoms with van der Waals surface area (Å²) in [5, 5.41) is 0. The summed E-state index contributed by atoms with van der Waals surface area (Å²) in [7, 11) is -2.11. The van der Waals surface area contributed by atoms with E-state index in [2.05, 4.69) is 25.8 Å². The van der Waals surface area contributed by atoms with Gasteiger partial charge in [0.25, 0.3) is 0 Å². The molecule has 0 radical (unpaired) electrons. The van der Waals surface area contributed by atoms with Gasteiger partial charge in [-0.15, -0.1) is 0 Å². The van der Waals surface area contributed by atoms with Crippen LogP contribution in [0.15, 0.2) is 0 Å². The molecular formula is C12H27NO2Si. The summed E-state index contributed by atoms with van der Waals surface area (Å²) < 4.78 is 12.0.